The average Bonchev–Trinajstić information content (AvgIpc) is 3.10. The van der Waals surface area contributed by atoms with Gasteiger partial charge in [0.2, 0.25) is 0 Å². The quantitative estimate of drug-likeness (QED) is 0.811. The summed E-state index contributed by atoms with van der Waals surface area (Å²) < 4.78 is 0. The molecule has 2 rings (SSSR count). The fourth-order valence-corrected chi connectivity index (χ4v) is 1.85. The second-order valence-corrected chi connectivity index (χ2v) is 4.06. The van der Waals surface area contributed by atoms with Gasteiger partial charge in [-0.2, -0.15) is 5.26 Å². The Balaban J connectivity index is 2.19. The molecule has 1 aromatic rings. The summed E-state index contributed by atoms with van der Waals surface area (Å²) in [7, 11) is 0. The summed E-state index contributed by atoms with van der Waals surface area (Å²) in [6, 6.07) is 10.6. The molecule has 0 aromatic heterocycles. The Labute approximate surface area is 90.9 Å². The molecule has 2 nitrogen and oxygen atoms in total. The van der Waals surface area contributed by atoms with Crippen molar-refractivity contribution < 1.29 is 0 Å². The number of nitrogens with one attached hydrogen (secondary N) is 1. The lowest BCUT2D eigenvalue weighted by atomic mass is 10.0. The van der Waals surface area contributed by atoms with Gasteiger partial charge < -0.3 is 0 Å². The van der Waals surface area contributed by atoms with Gasteiger partial charge >= 0.3 is 0 Å². The molecular weight excluding hydrogens is 184 g/mol. The van der Waals surface area contributed by atoms with E-state index >= 15 is 0 Å². The molecule has 1 aliphatic carbocycles. The molecule has 0 amide bonds. The highest BCUT2D eigenvalue weighted by atomic mass is 14.9. The van der Waals surface area contributed by atoms with Gasteiger partial charge in [0.15, 0.2) is 0 Å². The van der Waals surface area contributed by atoms with Crippen molar-refractivity contribution in [2.75, 3.05) is 6.54 Å². The van der Waals surface area contributed by atoms with E-state index in [9.17, 15) is 0 Å². The van der Waals surface area contributed by atoms with E-state index in [1.165, 1.54) is 18.4 Å². The maximum Gasteiger partial charge on any atom is 0.121 e. The third-order valence-corrected chi connectivity index (χ3v) is 2.83. The molecule has 1 N–H and O–H groups in total. The zero-order chi connectivity index (χ0) is 10.7. The zero-order valence-corrected chi connectivity index (χ0v) is 9.03. The van der Waals surface area contributed by atoms with Crippen LogP contribution in [0.5, 0.6) is 0 Å². The molecule has 1 fully saturated rings. The minimum absolute atomic E-state index is 0.159. The molecule has 1 unspecified atom stereocenters. The molecule has 0 saturated heterocycles. The molecule has 0 heterocycles. The number of rotatable bonds is 4. The van der Waals surface area contributed by atoms with Crippen LogP contribution in [0.15, 0.2) is 24.3 Å². The molecule has 0 bridgehead atoms. The fourth-order valence-electron chi connectivity index (χ4n) is 1.85. The van der Waals surface area contributed by atoms with Gasteiger partial charge in [-0.15, -0.1) is 0 Å². The van der Waals surface area contributed by atoms with E-state index in [0.29, 0.717) is 0 Å². The van der Waals surface area contributed by atoms with E-state index in [0.717, 1.165) is 18.0 Å². The second kappa shape index (κ2) is 4.46. The van der Waals surface area contributed by atoms with Crippen LogP contribution in [0.1, 0.15) is 42.9 Å². The van der Waals surface area contributed by atoms with Crippen molar-refractivity contribution in [3.8, 4) is 6.07 Å². The van der Waals surface area contributed by atoms with E-state index in [1.807, 2.05) is 13.0 Å². The molecule has 1 aromatic carbocycles. The maximum absolute atomic E-state index is 9.04. The van der Waals surface area contributed by atoms with Gasteiger partial charge in [0.05, 0.1) is 6.07 Å². The Morgan fingerprint density at radius 1 is 1.53 bits per heavy atom. The van der Waals surface area contributed by atoms with Crippen molar-refractivity contribution >= 4 is 0 Å². The van der Waals surface area contributed by atoms with Crippen LogP contribution in [0.3, 0.4) is 0 Å². The number of nitriles is 1. The summed E-state index contributed by atoms with van der Waals surface area (Å²) in [6.45, 7) is 2.85. The molecule has 0 spiro atoms. The van der Waals surface area contributed by atoms with E-state index in [1.54, 1.807) is 0 Å². The largest absolute Gasteiger partial charge is 0.298 e. The molecule has 2 heteroatoms. The molecule has 15 heavy (non-hydrogen) atoms. The number of benzene rings is 1. The highest BCUT2D eigenvalue weighted by Crippen LogP contribution is 2.40. The number of hydrogen-bond donors (Lipinski definition) is 1. The van der Waals surface area contributed by atoms with E-state index in [2.05, 4.69) is 29.6 Å². The SMILES string of the molecule is CCNC(C#N)c1cccc(C2CC2)c1. The van der Waals surface area contributed by atoms with Crippen molar-refractivity contribution in [1.82, 2.24) is 5.32 Å². The highest BCUT2D eigenvalue weighted by Gasteiger charge is 2.24. The normalized spacial score (nSPS) is 17.1. The Kier molecular flexibility index (Phi) is 3.03. The van der Waals surface area contributed by atoms with Gasteiger partial charge in [-0.05, 0) is 36.4 Å². The predicted octanol–water partition coefficient (Wildman–Crippen LogP) is 2.74. The Morgan fingerprint density at radius 2 is 2.33 bits per heavy atom. The molecule has 1 atom stereocenters. The van der Waals surface area contributed by atoms with Crippen molar-refractivity contribution in [2.24, 2.45) is 0 Å². The summed E-state index contributed by atoms with van der Waals surface area (Å²) in [6.07, 6.45) is 2.61. The van der Waals surface area contributed by atoms with Crippen LogP contribution in [0.2, 0.25) is 0 Å². The first-order valence-electron chi connectivity index (χ1n) is 5.58. The average molecular weight is 200 g/mol. The number of hydrogen-bond acceptors (Lipinski definition) is 2. The van der Waals surface area contributed by atoms with Crippen LogP contribution in [0, 0.1) is 11.3 Å². The van der Waals surface area contributed by atoms with Crippen LogP contribution >= 0.6 is 0 Å². The Bertz CT molecular complexity index is 374. The maximum atomic E-state index is 9.04. The first-order chi connectivity index (χ1) is 7.35. The Morgan fingerprint density at radius 3 is 2.93 bits per heavy atom. The van der Waals surface area contributed by atoms with Gasteiger partial charge in [0, 0.05) is 0 Å². The third kappa shape index (κ3) is 2.37. The lowest BCUT2D eigenvalue weighted by Gasteiger charge is -2.11. The summed E-state index contributed by atoms with van der Waals surface area (Å²) in [5, 5.41) is 12.2. The molecule has 0 radical (unpaired) electrons. The number of nitrogens with zero attached hydrogens (tertiary/aromatic N) is 1. The predicted molar refractivity (Wildman–Crippen MR) is 60.4 cm³/mol. The van der Waals surface area contributed by atoms with Crippen molar-refractivity contribution in [1.29, 1.82) is 5.26 Å². The van der Waals surface area contributed by atoms with Crippen molar-refractivity contribution in [3.63, 3.8) is 0 Å². The monoisotopic (exact) mass is 200 g/mol. The van der Waals surface area contributed by atoms with Crippen LogP contribution in [0.25, 0.3) is 0 Å². The van der Waals surface area contributed by atoms with Crippen LogP contribution in [-0.2, 0) is 0 Å². The van der Waals surface area contributed by atoms with Gasteiger partial charge in [-0.25, -0.2) is 0 Å². The summed E-state index contributed by atoms with van der Waals surface area (Å²) >= 11 is 0. The fraction of sp³-hybridized carbons (Fsp3) is 0.462. The third-order valence-electron chi connectivity index (χ3n) is 2.83. The topological polar surface area (TPSA) is 35.8 Å². The van der Waals surface area contributed by atoms with Gasteiger partial charge in [-0.3, -0.25) is 5.32 Å². The molecule has 78 valence electrons. The van der Waals surface area contributed by atoms with E-state index in [4.69, 9.17) is 5.26 Å². The summed E-state index contributed by atoms with van der Waals surface area (Å²) in [5.74, 6) is 0.755. The van der Waals surface area contributed by atoms with E-state index < -0.39 is 0 Å². The molecule has 1 aliphatic rings. The minimum atomic E-state index is -0.159. The van der Waals surface area contributed by atoms with Gasteiger partial charge in [0.1, 0.15) is 6.04 Å². The lowest BCUT2D eigenvalue weighted by Crippen LogP contribution is -2.19. The molecule has 0 aliphatic heterocycles. The lowest BCUT2D eigenvalue weighted by molar-refractivity contribution is 0.657. The first-order valence-corrected chi connectivity index (χ1v) is 5.58. The molecule has 1 saturated carbocycles. The van der Waals surface area contributed by atoms with E-state index in [-0.39, 0.29) is 6.04 Å². The van der Waals surface area contributed by atoms with Crippen molar-refractivity contribution in [3.05, 3.63) is 35.4 Å². The van der Waals surface area contributed by atoms with Gasteiger partial charge in [-0.1, -0.05) is 31.2 Å². The van der Waals surface area contributed by atoms with Crippen LogP contribution in [-0.4, -0.2) is 6.54 Å². The van der Waals surface area contributed by atoms with Gasteiger partial charge in [0.25, 0.3) is 0 Å². The summed E-state index contributed by atoms with van der Waals surface area (Å²) in [4.78, 5) is 0. The smallest absolute Gasteiger partial charge is 0.121 e. The van der Waals surface area contributed by atoms with Crippen LogP contribution in [0.4, 0.5) is 0 Å². The van der Waals surface area contributed by atoms with Crippen molar-refractivity contribution in [2.45, 2.75) is 31.7 Å². The summed E-state index contributed by atoms with van der Waals surface area (Å²) in [5.41, 5.74) is 2.49. The molecular formula is C13H16N2. The highest BCUT2D eigenvalue weighted by molar-refractivity contribution is 5.33. The zero-order valence-electron chi connectivity index (χ0n) is 9.03. The Hall–Kier alpha value is -1.33. The standard InChI is InChI=1S/C13H16N2/c1-2-15-13(9-14)12-5-3-4-11(8-12)10-6-7-10/h3-5,8,10,13,15H,2,6-7H2,1H3. The van der Waals surface area contributed by atoms with Crippen LogP contribution < -0.4 is 5.32 Å². The second-order valence-electron chi connectivity index (χ2n) is 4.06. The minimum Gasteiger partial charge on any atom is -0.298 e. The first kappa shape index (κ1) is 10.2.